The zero-order chi connectivity index (χ0) is 21.7. The zero-order valence-electron chi connectivity index (χ0n) is 15.4. The fourth-order valence-corrected chi connectivity index (χ4v) is 3.86. The molecule has 1 aromatic heterocycles. The predicted molar refractivity (Wildman–Crippen MR) is 110 cm³/mol. The Bertz CT molecular complexity index is 1040. The normalized spacial score (nSPS) is 12.4. The van der Waals surface area contributed by atoms with Crippen LogP contribution in [0.4, 0.5) is 18.9 Å². The Morgan fingerprint density at radius 2 is 2.00 bits per heavy atom. The molecule has 0 saturated heterocycles. The molecule has 0 saturated carbocycles. The molecule has 1 heterocycles. The van der Waals surface area contributed by atoms with E-state index in [-0.39, 0.29) is 10.7 Å². The van der Waals surface area contributed by atoms with Crippen LogP contribution < -0.4 is 5.32 Å². The largest absolute Gasteiger partial charge is 0.418 e. The summed E-state index contributed by atoms with van der Waals surface area (Å²) in [7, 11) is 0. The molecule has 0 radical (unpaired) electrons. The third-order valence-corrected chi connectivity index (χ3v) is 5.50. The SMILES string of the molecule is C=CCn1cnnc1S[C@@H](C(=O)Nc1ccc(Cl)cc1C(F)(F)F)c1ccccc1. The number of aromatic nitrogens is 3. The number of hydrogen-bond acceptors (Lipinski definition) is 4. The van der Waals surface area contributed by atoms with Crippen molar-refractivity contribution in [3.63, 3.8) is 0 Å². The molecule has 0 bridgehead atoms. The second-order valence-corrected chi connectivity index (χ2v) is 7.65. The molecule has 0 aliphatic carbocycles. The second-order valence-electron chi connectivity index (χ2n) is 6.14. The van der Waals surface area contributed by atoms with Crippen LogP contribution in [0.25, 0.3) is 0 Å². The molecule has 0 fully saturated rings. The fourth-order valence-electron chi connectivity index (χ4n) is 2.66. The van der Waals surface area contributed by atoms with Gasteiger partial charge >= 0.3 is 6.18 Å². The van der Waals surface area contributed by atoms with Gasteiger partial charge in [0.2, 0.25) is 5.91 Å². The molecule has 3 aromatic rings. The van der Waals surface area contributed by atoms with E-state index in [1.54, 1.807) is 41.0 Å². The summed E-state index contributed by atoms with van der Waals surface area (Å²) in [5.41, 5.74) is -0.781. The van der Waals surface area contributed by atoms with Gasteiger partial charge in [0.15, 0.2) is 5.16 Å². The molecule has 3 rings (SSSR count). The van der Waals surface area contributed by atoms with Gasteiger partial charge in [0, 0.05) is 11.6 Å². The van der Waals surface area contributed by atoms with E-state index in [4.69, 9.17) is 11.6 Å². The molecular formula is C20H16ClF3N4OS. The maximum Gasteiger partial charge on any atom is 0.418 e. The number of hydrogen-bond donors (Lipinski definition) is 1. The lowest BCUT2D eigenvalue weighted by atomic mass is 10.1. The number of carbonyl (C=O) groups is 1. The molecule has 1 amide bonds. The highest BCUT2D eigenvalue weighted by molar-refractivity contribution is 8.00. The quantitative estimate of drug-likeness (QED) is 0.374. The van der Waals surface area contributed by atoms with Gasteiger partial charge in [-0.3, -0.25) is 4.79 Å². The van der Waals surface area contributed by atoms with Gasteiger partial charge in [-0.2, -0.15) is 13.2 Å². The summed E-state index contributed by atoms with van der Waals surface area (Å²) >= 11 is 6.80. The molecule has 0 aliphatic heterocycles. The van der Waals surface area contributed by atoms with Crippen LogP contribution in [0.3, 0.4) is 0 Å². The van der Waals surface area contributed by atoms with Gasteiger partial charge in [-0.15, -0.1) is 16.8 Å². The van der Waals surface area contributed by atoms with Crippen LogP contribution in [0.5, 0.6) is 0 Å². The van der Waals surface area contributed by atoms with E-state index < -0.39 is 22.9 Å². The third kappa shape index (κ3) is 5.22. The van der Waals surface area contributed by atoms with E-state index >= 15 is 0 Å². The third-order valence-electron chi connectivity index (χ3n) is 4.01. The van der Waals surface area contributed by atoms with Crippen molar-refractivity contribution in [3.05, 3.63) is 83.7 Å². The van der Waals surface area contributed by atoms with Gasteiger partial charge in [-0.1, -0.05) is 59.8 Å². The molecule has 0 spiro atoms. The first-order chi connectivity index (χ1) is 14.3. The van der Waals surface area contributed by atoms with E-state index in [2.05, 4.69) is 22.1 Å². The first-order valence-electron chi connectivity index (χ1n) is 8.67. The monoisotopic (exact) mass is 452 g/mol. The fraction of sp³-hybridized carbons (Fsp3) is 0.150. The maximum atomic E-state index is 13.4. The van der Waals surface area contributed by atoms with Crippen molar-refractivity contribution in [2.24, 2.45) is 0 Å². The molecule has 5 nitrogen and oxygen atoms in total. The van der Waals surface area contributed by atoms with E-state index in [9.17, 15) is 18.0 Å². The molecule has 2 aromatic carbocycles. The first-order valence-corrected chi connectivity index (χ1v) is 9.93. The minimum atomic E-state index is -4.67. The number of nitrogens with zero attached hydrogens (tertiary/aromatic N) is 3. The minimum Gasteiger partial charge on any atom is -0.324 e. The Balaban J connectivity index is 1.94. The zero-order valence-corrected chi connectivity index (χ0v) is 17.0. The Morgan fingerprint density at radius 1 is 1.27 bits per heavy atom. The first kappa shape index (κ1) is 21.9. The Hall–Kier alpha value is -2.78. The summed E-state index contributed by atoms with van der Waals surface area (Å²) in [5, 5.41) is 9.73. The molecule has 10 heteroatoms. The topological polar surface area (TPSA) is 59.8 Å². The van der Waals surface area contributed by atoms with Crippen molar-refractivity contribution in [1.82, 2.24) is 14.8 Å². The average Bonchev–Trinajstić information content (AvgIpc) is 3.14. The summed E-state index contributed by atoms with van der Waals surface area (Å²) in [6.45, 7) is 4.09. The summed E-state index contributed by atoms with van der Waals surface area (Å²) in [6.07, 6.45) is -1.54. The smallest absolute Gasteiger partial charge is 0.324 e. The molecule has 0 unspecified atom stereocenters. The standard InChI is InChI=1S/C20H16ClF3N4OS/c1-2-10-28-12-25-27-19(28)30-17(13-6-4-3-5-7-13)18(29)26-16-9-8-14(21)11-15(16)20(22,23)24/h2-9,11-12,17H,1,10H2,(H,26,29)/t17-/m1/s1. The predicted octanol–water partition coefficient (Wildman–Crippen LogP) is 5.61. The molecular weight excluding hydrogens is 437 g/mol. The highest BCUT2D eigenvalue weighted by atomic mass is 35.5. The van der Waals surface area contributed by atoms with Crippen molar-refractivity contribution in [3.8, 4) is 0 Å². The van der Waals surface area contributed by atoms with Crippen LogP contribution in [0, 0.1) is 0 Å². The number of alkyl halides is 3. The highest BCUT2D eigenvalue weighted by Gasteiger charge is 2.35. The Labute approximate surface area is 180 Å². The Morgan fingerprint density at radius 3 is 2.67 bits per heavy atom. The van der Waals surface area contributed by atoms with Crippen molar-refractivity contribution in [2.45, 2.75) is 23.1 Å². The number of benzene rings is 2. The summed E-state index contributed by atoms with van der Waals surface area (Å²) in [6, 6.07) is 11.9. The highest BCUT2D eigenvalue weighted by Crippen LogP contribution is 2.39. The molecule has 30 heavy (non-hydrogen) atoms. The van der Waals surface area contributed by atoms with E-state index in [1.807, 2.05) is 0 Å². The average molecular weight is 453 g/mol. The van der Waals surface area contributed by atoms with Crippen molar-refractivity contribution in [2.75, 3.05) is 5.32 Å². The Kier molecular flexibility index (Phi) is 6.84. The van der Waals surface area contributed by atoms with Gasteiger partial charge in [0.05, 0.1) is 11.3 Å². The number of thioether (sulfide) groups is 1. The minimum absolute atomic E-state index is 0.0770. The maximum absolute atomic E-state index is 13.4. The second kappa shape index (κ2) is 9.36. The molecule has 1 N–H and O–H groups in total. The lowest BCUT2D eigenvalue weighted by Crippen LogP contribution is -2.22. The van der Waals surface area contributed by atoms with Crippen molar-refractivity contribution in [1.29, 1.82) is 0 Å². The lowest BCUT2D eigenvalue weighted by Gasteiger charge is -2.19. The molecule has 156 valence electrons. The van der Waals surface area contributed by atoms with Crippen LogP contribution in [-0.4, -0.2) is 20.7 Å². The number of allylic oxidation sites excluding steroid dienone is 1. The number of halogens is 4. The molecule has 1 atom stereocenters. The van der Waals surface area contributed by atoms with Crippen molar-refractivity contribution >= 4 is 35.0 Å². The number of anilines is 1. The van der Waals surface area contributed by atoms with Gasteiger partial charge in [-0.25, -0.2) is 0 Å². The number of nitrogens with one attached hydrogen (secondary N) is 1. The van der Waals surface area contributed by atoms with E-state index in [0.29, 0.717) is 17.3 Å². The number of amides is 1. The van der Waals surface area contributed by atoms with Crippen LogP contribution in [0.1, 0.15) is 16.4 Å². The van der Waals surface area contributed by atoms with Gasteiger partial charge in [0.1, 0.15) is 11.6 Å². The van der Waals surface area contributed by atoms with Crippen LogP contribution >= 0.6 is 23.4 Å². The van der Waals surface area contributed by atoms with Crippen LogP contribution in [-0.2, 0) is 17.5 Å². The summed E-state index contributed by atoms with van der Waals surface area (Å²) in [4.78, 5) is 13.1. The summed E-state index contributed by atoms with van der Waals surface area (Å²) in [5.74, 6) is -0.632. The lowest BCUT2D eigenvalue weighted by molar-refractivity contribution is -0.137. The van der Waals surface area contributed by atoms with E-state index in [0.717, 1.165) is 23.9 Å². The number of carbonyl (C=O) groups excluding carboxylic acids is 1. The van der Waals surface area contributed by atoms with Crippen molar-refractivity contribution < 1.29 is 18.0 Å². The van der Waals surface area contributed by atoms with Crippen LogP contribution in [0.2, 0.25) is 5.02 Å². The summed E-state index contributed by atoms with van der Waals surface area (Å²) < 4.78 is 41.9. The molecule has 0 aliphatic rings. The van der Waals surface area contributed by atoms with Gasteiger partial charge in [-0.05, 0) is 23.8 Å². The number of rotatable bonds is 7. The van der Waals surface area contributed by atoms with Crippen LogP contribution in [0.15, 0.2) is 72.7 Å². The van der Waals surface area contributed by atoms with Gasteiger partial charge in [0.25, 0.3) is 0 Å². The van der Waals surface area contributed by atoms with E-state index in [1.165, 1.54) is 12.4 Å². The van der Waals surface area contributed by atoms with Gasteiger partial charge < -0.3 is 9.88 Å².